The molecule has 39 heavy (non-hydrogen) atoms. The zero-order valence-corrected chi connectivity index (χ0v) is 22.0. The molecule has 1 aromatic heterocycles. The molecule has 1 amide bonds. The van der Waals surface area contributed by atoms with Gasteiger partial charge in [0.25, 0.3) is 0 Å². The maximum absolute atomic E-state index is 13.4. The molecule has 0 atom stereocenters. The molecular weight excluding hydrogens is 501 g/mol. The zero-order chi connectivity index (χ0) is 27.4. The van der Waals surface area contributed by atoms with Gasteiger partial charge in [-0.05, 0) is 66.4 Å². The normalized spacial score (nSPS) is 16.9. The van der Waals surface area contributed by atoms with E-state index in [9.17, 15) is 18.0 Å². The Hall–Kier alpha value is -3.65. The summed E-state index contributed by atoms with van der Waals surface area (Å²) in [6.07, 6.45) is 7.19. The van der Waals surface area contributed by atoms with E-state index in [2.05, 4.69) is 14.8 Å². The highest BCUT2D eigenvalue weighted by molar-refractivity contribution is 5.92. The molecule has 0 N–H and O–H groups in total. The van der Waals surface area contributed by atoms with Crippen molar-refractivity contribution in [3.63, 3.8) is 0 Å². The van der Waals surface area contributed by atoms with Crippen LogP contribution in [0.5, 0.6) is 0 Å². The molecule has 8 heteroatoms. The number of hydrogen-bond donors (Lipinski definition) is 0. The molecule has 1 aliphatic carbocycles. The molecule has 204 valence electrons. The Morgan fingerprint density at radius 3 is 2.18 bits per heavy atom. The van der Waals surface area contributed by atoms with Gasteiger partial charge in [-0.1, -0.05) is 37.1 Å². The maximum Gasteiger partial charge on any atom is 0.416 e. The molecule has 5 rings (SSSR count). The first-order valence-corrected chi connectivity index (χ1v) is 13.4. The van der Waals surface area contributed by atoms with Gasteiger partial charge in [0.05, 0.1) is 11.6 Å². The summed E-state index contributed by atoms with van der Waals surface area (Å²) in [7, 11) is 2.00. The molecule has 5 nitrogen and oxygen atoms in total. The Kier molecular flexibility index (Phi) is 8.02. The predicted molar refractivity (Wildman–Crippen MR) is 147 cm³/mol. The second kappa shape index (κ2) is 11.6. The SMILES string of the molecule is CN(c1ccncc1)c1ccc(CN(C(=O)C=Cc2ccc(C(F)(F)F)cc2)C2CN(C3CCCC3)C2)cc1. The van der Waals surface area contributed by atoms with Crippen molar-refractivity contribution < 1.29 is 18.0 Å². The number of nitrogens with zero attached hydrogens (tertiary/aromatic N) is 4. The number of carbonyl (C=O) groups is 1. The molecule has 0 radical (unpaired) electrons. The van der Waals surface area contributed by atoms with Crippen LogP contribution in [0.3, 0.4) is 0 Å². The molecule has 1 saturated heterocycles. The molecule has 1 aliphatic heterocycles. The zero-order valence-electron chi connectivity index (χ0n) is 22.0. The molecule has 2 aliphatic rings. The van der Waals surface area contributed by atoms with Crippen LogP contribution < -0.4 is 4.90 Å². The van der Waals surface area contributed by atoms with Crippen LogP contribution in [-0.4, -0.2) is 52.9 Å². The number of benzene rings is 2. The minimum Gasteiger partial charge on any atom is -0.345 e. The second-order valence-corrected chi connectivity index (χ2v) is 10.4. The fourth-order valence-electron chi connectivity index (χ4n) is 5.42. The number of halogens is 3. The Labute approximate surface area is 227 Å². The smallest absolute Gasteiger partial charge is 0.345 e. The van der Waals surface area contributed by atoms with Crippen LogP contribution in [0.1, 0.15) is 42.4 Å². The van der Waals surface area contributed by atoms with Crippen molar-refractivity contribution in [3.05, 3.63) is 95.8 Å². The number of hydrogen-bond acceptors (Lipinski definition) is 4. The number of alkyl halides is 3. The third-order valence-corrected chi connectivity index (χ3v) is 7.84. The van der Waals surface area contributed by atoms with Crippen molar-refractivity contribution in [2.75, 3.05) is 25.0 Å². The standard InChI is InChI=1S/C31H33F3N4O/c1-36(27-16-18-35-19-17-27)26-13-8-24(9-14-26)20-38(29-21-37(22-29)28-4-2-3-5-28)30(39)15-10-23-6-11-25(12-7-23)31(32,33)34/h6-19,28-29H,2-5,20-22H2,1H3. The average molecular weight is 535 g/mol. The summed E-state index contributed by atoms with van der Waals surface area (Å²) >= 11 is 0. The summed E-state index contributed by atoms with van der Waals surface area (Å²) in [4.78, 5) is 23.9. The third kappa shape index (κ3) is 6.50. The molecule has 0 bridgehead atoms. The monoisotopic (exact) mass is 534 g/mol. The number of carbonyl (C=O) groups excluding carboxylic acids is 1. The molecular formula is C31H33F3N4O. The molecule has 0 unspecified atom stereocenters. The highest BCUT2D eigenvalue weighted by Gasteiger charge is 2.38. The molecule has 2 fully saturated rings. The van der Waals surface area contributed by atoms with Gasteiger partial charge in [-0.2, -0.15) is 13.2 Å². The molecule has 2 aromatic carbocycles. The Morgan fingerprint density at radius 2 is 1.56 bits per heavy atom. The van der Waals surface area contributed by atoms with Crippen molar-refractivity contribution >= 4 is 23.4 Å². The first-order chi connectivity index (χ1) is 18.8. The first-order valence-electron chi connectivity index (χ1n) is 13.4. The van der Waals surface area contributed by atoms with Crippen LogP contribution in [0.4, 0.5) is 24.5 Å². The highest BCUT2D eigenvalue weighted by atomic mass is 19.4. The van der Waals surface area contributed by atoms with Gasteiger partial charge in [0.15, 0.2) is 0 Å². The van der Waals surface area contributed by atoms with Gasteiger partial charge in [0.2, 0.25) is 5.91 Å². The number of likely N-dealkylation sites (tertiary alicyclic amines) is 1. The van der Waals surface area contributed by atoms with E-state index < -0.39 is 11.7 Å². The highest BCUT2D eigenvalue weighted by Crippen LogP contribution is 2.31. The van der Waals surface area contributed by atoms with E-state index in [-0.39, 0.29) is 11.9 Å². The number of rotatable bonds is 8. The Balaban J connectivity index is 1.29. The lowest BCUT2D eigenvalue weighted by Gasteiger charge is -2.48. The minimum absolute atomic E-state index is 0.106. The van der Waals surface area contributed by atoms with Crippen LogP contribution in [0.25, 0.3) is 6.08 Å². The van der Waals surface area contributed by atoms with Gasteiger partial charge in [0.1, 0.15) is 0 Å². The van der Waals surface area contributed by atoms with Crippen LogP contribution in [0.15, 0.2) is 79.1 Å². The quantitative estimate of drug-likeness (QED) is 0.308. The van der Waals surface area contributed by atoms with E-state index in [1.165, 1.54) is 43.9 Å². The topological polar surface area (TPSA) is 39.7 Å². The number of amides is 1. The van der Waals surface area contributed by atoms with E-state index in [1.54, 1.807) is 18.5 Å². The fourth-order valence-corrected chi connectivity index (χ4v) is 5.42. The largest absolute Gasteiger partial charge is 0.416 e. The summed E-state index contributed by atoms with van der Waals surface area (Å²) in [5.41, 5.74) is 2.94. The van der Waals surface area contributed by atoms with Crippen LogP contribution in [0, 0.1) is 0 Å². The third-order valence-electron chi connectivity index (χ3n) is 7.84. The van der Waals surface area contributed by atoms with Gasteiger partial charge in [-0.15, -0.1) is 0 Å². The van der Waals surface area contributed by atoms with Crippen molar-refractivity contribution in [2.45, 2.75) is 50.5 Å². The van der Waals surface area contributed by atoms with Crippen molar-refractivity contribution in [1.29, 1.82) is 0 Å². The summed E-state index contributed by atoms with van der Waals surface area (Å²) in [5.74, 6) is -0.135. The minimum atomic E-state index is -4.38. The van der Waals surface area contributed by atoms with Gasteiger partial charge in [-0.25, -0.2) is 0 Å². The first kappa shape index (κ1) is 26.9. The van der Waals surface area contributed by atoms with E-state index in [1.807, 2.05) is 48.3 Å². The predicted octanol–water partition coefficient (Wildman–Crippen LogP) is 6.54. The van der Waals surface area contributed by atoms with Gasteiger partial charge in [0, 0.05) is 62.6 Å². The summed E-state index contributed by atoms with van der Waals surface area (Å²) < 4.78 is 38.7. The van der Waals surface area contributed by atoms with Crippen molar-refractivity contribution in [3.8, 4) is 0 Å². The molecule has 0 spiro atoms. The molecule has 3 aromatic rings. The fraction of sp³-hybridized carbons (Fsp3) is 0.355. The maximum atomic E-state index is 13.4. The van der Waals surface area contributed by atoms with Crippen LogP contribution in [-0.2, 0) is 17.5 Å². The van der Waals surface area contributed by atoms with Crippen LogP contribution in [0.2, 0.25) is 0 Å². The van der Waals surface area contributed by atoms with E-state index in [4.69, 9.17) is 0 Å². The van der Waals surface area contributed by atoms with Crippen molar-refractivity contribution in [2.24, 2.45) is 0 Å². The number of pyridine rings is 1. The van der Waals surface area contributed by atoms with E-state index in [0.29, 0.717) is 18.2 Å². The molecule has 2 heterocycles. The van der Waals surface area contributed by atoms with Crippen LogP contribution >= 0.6 is 0 Å². The van der Waals surface area contributed by atoms with Gasteiger partial charge >= 0.3 is 6.18 Å². The van der Waals surface area contributed by atoms with Gasteiger partial charge < -0.3 is 9.80 Å². The summed E-state index contributed by atoms with van der Waals surface area (Å²) in [6, 6.07) is 17.6. The average Bonchev–Trinajstić information content (AvgIpc) is 3.45. The number of anilines is 2. The number of aromatic nitrogens is 1. The summed E-state index contributed by atoms with van der Waals surface area (Å²) in [5, 5.41) is 0. The van der Waals surface area contributed by atoms with Crippen molar-refractivity contribution in [1.82, 2.24) is 14.8 Å². The van der Waals surface area contributed by atoms with Gasteiger partial charge in [-0.3, -0.25) is 14.7 Å². The lowest BCUT2D eigenvalue weighted by molar-refractivity contribution is -0.137. The molecule has 1 saturated carbocycles. The second-order valence-electron chi connectivity index (χ2n) is 10.4. The van der Waals surface area contributed by atoms with E-state index in [0.717, 1.165) is 42.2 Å². The van der Waals surface area contributed by atoms with E-state index >= 15 is 0 Å². The Morgan fingerprint density at radius 1 is 0.949 bits per heavy atom. The lowest BCUT2D eigenvalue weighted by atomic mass is 10.0. The summed E-state index contributed by atoms with van der Waals surface area (Å²) in [6.45, 7) is 2.18. The Bertz CT molecular complexity index is 1260. The lowest BCUT2D eigenvalue weighted by Crippen LogP contribution is -2.62.